The van der Waals surface area contributed by atoms with Crippen LogP contribution < -0.4 is 10.2 Å². The number of hydrogen-bond acceptors (Lipinski definition) is 6. The number of thioether (sulfide) groups is 1. The fourth-order valence-corrected chi connectivity index (χ4v) is 3.65. The van der Waals surface area contributed by atoms with Gasteiger partial charge in [0, 0.05) is 0 Å². The Labute approximate surface area is 135 Å². The van der Waals surface area contributed by atoms with Crippen LogP contribution in [0.3, 0.4) is 0 Å². The summed E-state index contributed by atoms with van der Waals surface area (Å²) in [5, 5.41) is 10.5. The van der Waals surface area contributed by atoms with E-state index < -0.39 is 5.54 Å². The summed E-state index contributed by atoms with van der Waals surface area (Å²) < 4.78 is 0.737. The van der Waals surface area contributed by atoms with E-state index >= 15 is 0 Å². The van der Waals surface area contributed by atoms with Crippen LogP contribution in [0.25, 0.3) is 0 Å². The van der Waals surface area contributed by atoms with Crippen molar-refractivity contribution in [3.05, 3.63) is 29.8 Å². The molecule has 0 bridgehead atoms. The summed E-state index contributed by atoms with van der Waals surface area (Å²) in [6.45, 7) is 3.48. The van der Waals surface area contributed by atoms with Crippen LogP contribution in [0.15, 0.2) is 34.1 Å². The number of nitrogens with one attached hydrogen (secondary N) is 1. The highest BCUT2D eigenvalue weighted by molar-refractivity contribution is 8.01. The summed E-state index contributed by atoms with van der Waals surface area (Å²) >= 11 is 2.72. The van der Waals surface area contributed by atoms with Gasteiger partial charge >= 0.3 is 0 Å². The molecule has 1 N–H and O–H groups in total. The van der Waals surface area contributed by atoms with Crippen molar-refractivity contribution in [3.8, 4) is 0 Å². The van der Waals surface area contributed by atoms with E-state index in [-0.39, 0.29) is 17.6 Å². The molecule has 0 saturated heterocycles. The third-order valence-electron chi connectivity index (χ3n) is 3.42. The van der Waals surface area contributed by atoms with Crippen LogP contribution in [0.2, 0.25) is 0 Å². The summed E-state index contributed by atoms with van der Waals surface area (Å²) in [4.78, 5) is 26.6. The van der Waals surface area contributed by atoms with Crippen LogP contribution in [-0.2, 0) is 9.59 Å². The summed E-state index contributed by atoms with van der Waals surface area (Å²) in [7, 11) is 0. The maximum atomic E-state index is 12.7. The number of carbonyl (C=O) groups excluding carboxylic acids is 2. The first-order chi connectivity index (χ1) is 10.5. The monoisotopic (exact) mass is 334 g/mol. The number of aromatic nitrogens is 2. The minimum atomic E-state index is -0.937. The molecule has 22 heavy (non-hydrogen) atoms. The molecular formula is C14H14N4O2S2. The molecule has 0 unspecified atom stereocenters. The third kappa shape index (κ3) is 2.59. The Bertz CT molecular complexity index is 715. The van der Waals surface area contributed by atoms with Gasteiger partial charge in [-0.2, -0.15) is 0 Å². The molecule has 2 amide bonds. The first-order valence-electron chi connectivity index (χ1n) is 6.62. The lowest BCUT2D eigenvalue weighted by Crippen LogP contribution is -2.58. The zero-order valence-electron chi connectivity index (χ0n) is 12.1. The second kappa shape index (κ2) is 5.69. The standard InChI is InChI=1S/C14H14N4O2S2/c1-14(2)12(20)16-9-5-3-4-6-10(9)18(14)11(19)7-21-13-17-15-8-22-13/h3-6,8H,7H2,1-2H3,(H,16,20). The van der Waals surface area contributed by atoms with Crippen molar-refractivity contribution in [2.75, 3.05) is 16.0 Å². The Morgan fingerprint density at radius 3 is 2.91 bits per heavy atom. The van der Waals surface area contributed by atoms with Crippen LogP contribution in [-0.4, -0.2) is 33.3 Å². The second-order valence-corrected chi connectivity index (χ2v) is 7.31. The minimum absolute atomic E-state index is 0.132. The predicted molar refractivity (Wildman–Crippen MR) is 87.3 cm³/mol. The number of rotatable bonds is 3. The maximum Gasteiger partial charge on any atom is 0.250 e. The number of para-hydroxylation sites is 2. The fourth-order valence-electron chi connectivity index (χ4n) is 2.31. The molecular weight excluding hydrogens is 320 g/mol. The van der Waals surface area contributed by atoms with Crippen molar-refractivity contribution in [1.29, 1.82) is 0 Å². The number of anilines is 2. The molecule has 3 rings (SSSR count). The van der Waals surface area contributed by atoms with E-state index in [4.69, 9.17) is 0 Å². The van der Waals surface area contributed by atoms with E-state index in [2.05, 4.69) is 15.5 Å². The molecule has 2 heterocycles. The molecule has 0 fully saturated rings. The molecule has 114 valence electrons. The average Bonchev–Trinajstić information content (AvgIpc) is 2.99. The highest BCUT2D eigenvalue weighted by atomic mass is 32.2. The fraction of sp³-hybridized carbons (Fsp3) is 0.286. The van der Waals surface area contributed by atoms with Gasteiger partial charge in [-0.1, -0.05) is 35.2 Å². The molecule has 8 heteroatoms. The van der Waals surface area contributed by atoms with Crippen LogP contribution >= 0.6 is 23.1 Å². The zero-order valence-corrected chi connectivity index (χ0v) is 13.7. The van der Waals surface area contributed by atoms with E-state index in [1.54, 1.807) is 30.3 Å². The van der Waals surface area contributed by atoms with Crippen molar-refractivity contribution in [2.24, 2.45) is 0 Å². The lowest BCUT2D eigenvalue weighted by Gasteiger charge is -2.42. The van der Waals surface area contributed by atoms with Crippen LogP contribution in [0, 0.1) is 0 Å². The lowest BCUT2D eigenvalue weighted by atomic mass is 9.96. The summed E-state index contributed by atoms with van der Waals surface area (Å²) in [5.41, 5.74) is 2.06. The highest BCUT2D eigenvalue weighted by Crippen LogP contribution is 2.37. The number of carbonyl (C=O) groups is 2. The second-order valence-electron chi connectivity index (χ2n) is 5.25. The summed E-state index contributed by atoms with van der Waals surface area (Å²) in [6, 6.07) is 7.31. The van der Waals surface area contributed by atoms with Crippen molar-refractivity contribution in [1.82, 2.24) is 10.2 Å². The van der Waals surface area contributed by atoms with E-state index in [0.29, 0.717) is 5.69 Å². The lowest BCUT2D eigenvalue weighted by molar-refractivity contribution is -0.125. The molecule has 6 nitrogen and oxygen atoms in total. The molecule has 0 atom stereocenters. The maximum absolute atomic E-state index is 12.7. The topological polar surface area (TPSA) is 75.2 Å². The number of nitrogens with zero attached hydrogens (tertiary/aromatic N) is 3. The van der Waals surface area contributed by atoms with Gasteiger partial charge in [-0.3, -0.25) is 14.5 Å². The van der Waals surface area contributed by atoms with Gasteiger partial charge in [-0.25, -0.2) is 0 Å². The van der Waals surface area contributed by atoms with Crippen LogP contribution in [0.4, 0.5) is 11.4 Å². The molecule has 1 aliphatic rings. The van der Waals surface area contributed by atoms with E-state index in [9.17, 15) is 9.59 Å². The van der Waals surface area contributed by atoms with Gasteiger partial charge in [0.2, 0.25) is 11.8 Å². The molecule has 0 saturated carbocycles. The largest absolute Gasteiger partial charge is 0.322 e. The van der Waals surface area contributed by atoms with E-state index in [1.165, 1.54) is 23.1 Å². The van der Waals surface area contributed by atoms with Crippen molar-refractivity contribution >= 4 is 46.3 Å². The zero-order chi connectivity index (χ0) is 15.7. The Morgan fingerprint density at radius 1 is 1.41 bits per heavy atom. The first-order valence-corrected chi connectivity index (χ1v) is 8.49. The summed E-state index contributed by atoms with van der Waals surface area (Å²) in [5.74, 6) is -0.117. The molecule has 1 aromatic carbocycles. The van der Waals surface area contributed by atoms with Gasteiger partial charge in [0.1, 0.15) is 11.0 Å². The van der Waals surface area contributed by atoms with Gasteiger partial charge in [-0.15, -0.1) is 10.2 Å². The molecule has 1 aromatic heterocycles. The number of hydrogen-bond donors (Lipinski definition) is 1. The van der Waals surface area contributed by atoms with Crippen LogP contribution in [0.5, 0.6) is 0 Å². The quantitative estimate of drug-likeness (QED) is 0.872. The Hall–Kier alpha value is -1.93. The van der Waals surface area contributed by atoms with Gasteiger partial charge in [0.25, 0.3) is 0 Å². The number of fused-ring (bicyclic) bond motifs is 1. The van der Waals surface area contributed by atoms with E-state index in [1.807, 2.05) is 18.2 Å². The van der Waals surface area contributed by atoms with Gasteiger partial charge in [0.05, 0.1) is 17.1 Å². The first kappa shape index (κ1) is 15.0. The van der Waals surface area contributed by atoms with Crippen molar-refractivity contribution in [2.45, 2.75) is 23.7 Å². The molecule has 0 spiro atoms. The van der Waals surface area contributed by atoms with Crippen molar-refractivity contribution < 1.29 is 9.59 Å². The van der Waals surface area contributed by atoms with Gasteiger partial charge in [0.15, 0.2) is 4.34 Å². The minimum Gasteiger partial charge on any atom is -0.322 e. The van der Waals surface area contributed by atoms with E-state index in [0.717, 1.165) is 10.0 Å². The van der Waals surface area contributed by atoms with Crippen LogP contribution in [0.1, 0.15) is 13.8 Å². The smallest absolute Gasteiger partial charge is 0.250 e. The van der Waals surface area contributed by atoms with Gasteiger partial charge < -0.3 is 5.32 Å². The average molecular weight is 334 g/mol. The van der Waals surface area contributed by atoms with Crippen molar-refractivity contribution in [3.63, 3.8) is 0 Å². The molecule has 2 aromatic rings. The Balaban J connectivity index is 1.89. The molecule has 1 aliphatic heterocycles. The Morgan fingerprint density at radius 2 is 2.18 bits per heavy atom. The number of amides is 2. The third-order valence-corrected chi connectivity index (χ3v) is 5.26. The predicted octanol–water partition coefficient (Wildman–Crippen LogP) is 2.39. The highest BCUT2D eigenvalue weighted by Gasteiger charge is 2.43. The van der Waals surface area contributed by atoms with Gasteiger partial charge in [-0.05, 0) is 26.0 Å². The summed E-state index contributed by atoms with van der Waals surface area (Å²) in [6.07, 6.45) is 0. The Kier molecular flexibility index (Phi) is 3.88. The molecule has 0 radical (unpaired) electrons. The molecule has 0 aliphatic carbocycles. The number of benzene rings is 1. The normalized spacial score (nSPS) is 16.1. The SMILES string of the molecule is CC1(C)C(=O)Nc2ccccc2N1C(=O)CSc1nncs1.